The third-order valence-electron chi connectivity index (χ3n) is 3.97. The van der Waals surface area contributed by atoms with Crippen molar-refractivity contribution in [2.45, 2.75) is 32.2 Å². The Hall–Kier alpha value is -2.44. The van der Waals surface area contributed by atoms with Gasteiger partial charge in [-0.1, -0.05) is 0 Å². The van der Waals surface area contributed by atoms with Crippen LogP contribution in [0, 0.1) is 17.0 Å². The van der Waals surface area contributed by atoms with E-state index in [-0.39, 0.29) is 11.7 Å². The molecule has 0 spiro atoms. The lowest BCUT2D eigenvalue weighted by Gasteiger charge is -2.36. The molecule has 7 nitrogen and oxygen atoms in total. The minimum atomic E-state index is -0.393. The van der Waals surface area contributed by atoms with Gasteiger partial charge < -0.3 is 4.90 Å². The highest BCUT2D eigenvalue weighted by atomic mass is 16.6. The molecule has 21 heavy (non-hydrogen) atoms. The minimum Gasteiger partial charge on any atom is -0.349 e. The molecule has 2 aromatic heterocycles. The van der Waals surface area contributed by atoms with Crippen molar-refractivity contribution in [3.8, 4) is 0 Å². The number of H-pyrrole nitrogens is 1. The Morgan fingerprint density at radius 2 is 2.29 bits per heavy atom. The number of aryl methyl sites for hydroxylation is 1. The van der Waals surface area contributed by atoms with E-state index in [1.807, 2.05) is 12.4 Å². The average Bonchev–Trinajstić information content (AvgIpc) is 3.01. The van der Waals surface area contributed by atoms with Gasteiger partial charge >= 0.3 is 0 Å². The number of pyridine rings is 1. The van der Waals surface area contributed by atoms with E-state index in [1.54, 1.807) is 13.0 Å². The van der Waals surface area contributed by atoms with Crippen LogP contribution in [-0.4, -0.2) is 26.6 Å². The van der Waals surface area contributed by atoms with Gasteiger partial charge in [-0.2, -0.15) is 5.10 Å². The van der Waals surface area contributed by atoms with Crippen LogP contribution in [0.25, 0.3) is 0 Å². The maximum absolute atomic E-state index is 10.9. The summed E-state index contributed by atoms with van der Waals surface area (Å²) in [6.45, 7) is 2.65. The number of rotatable bonds is 3. The number of hydrogen-bond donors (Lipinski definition) is 1. The molecule has 2 aromatic rings. The Balaban J connectivity index is 1.93. The first kappa shape index (κ1) is 13.5. The fraction of sp³-hybridized carbons (Fsp3) is 0.429. The number of nitrogens with zero attached hydrogens (tertiary/aromatic N) is 4. The van der Waals surface area contributed by atoms with Gasteiger partial charge in [-0.3, -0.25) is 15.2 Å². The zero-order valence-corrected chi connectivity index (χ0v) is 11.8. The predicted molar refractivity (Wildman–Crippen MR) is 78.2 cm³/mol. The highest BCUT2D eigenvalue weighted by molar-refractivity contribution is 5.50. The van der Waals surface area contributed by atoms with Gasteiger partial charge in [-0.15, -0.1) is 0 Å². The molecule has 3 rings (SSSR count). The standard InChI is InChI=1S/C14H17N5O2/c1-10-6-14(15-9-13(10)19(20)21)18-5-3-2-4-12(18)11-7-16-17-8-11/h6-9,12H,2-5H2,1H3,(H,16,17)/t12-/m1/s1. The van der Waals surface area contributed by atoms with E-state index in [9.17, 15) is 10.1 Å². The molecule has 0 amide bonds. The lowest BCUT2D eigenvalue weighted by molar-refractivity contribution is -0.385. The van der Waals surface area contributed by atoms with Crippen LogP contribution in [0.4, 0.5) is 11.5 Å². The molecule has 0 aromatic carbocycles. The second-order valence-electron chi connectivity index (χ2n) is 5.32. The molecule has 0 radical (unpaired) electrons. The van der Waals surface area contributed by atoms with Gasteiger partial charge in [-0.25, -0.2) is 4.98 Å². The van der Waals surface area contributed by atoms with Gasteiger partial charge in [0.2, 0.25) is 0 Å². The summed E-state index contributed by atoms with van der Waals surface area (Å²) in [5.74, 6) is 0.795. The molecule has 0 aliphatic carbocycles. The molecule has 0 saturated carbocycles. The maximum atomic E-state index is 10.9. The fourth-order valence-electron chi connectivity index (χ4n) is 2.88. The SMILES string of the molecule is Cc1cc(N2CCCC[C@@H]2c2cn[nH]c2)ncc1[N+](=O)[O-]. The van der Waals surface area contributed by atoms with Gasteiger partial charge in [-0.05, 0) is 32.3 Å². The lowest BCUT2D eigenvalue weighted by Crippen LogP contribution is -2.33. The van der Waals surface area contributed by atoms with Crippen molar-refractivity contribution < 1.29 is 4.92 Å². The molecule has 7 heteroatoms. The van der Waals surface area contributed by atoms with E-state index in [4.69, 9.17) is 0 Å². The van der Waals surface area contributed by atoms with Crippen molar-refractivity contribution in [3.05, 3.63) is 45.9 Å². The summed E-state index contributed by atoms with van der Waals surface area (Å²) in [5.41, 5.74) is 1.84. The third kappa shape index (κ3) is 2.58. The van der Waals surface area contributed by atoms with Gasteiger partial charge in [0, 0.05) is 23.9 Å². The van der Waals surface area contributed by atoms with E-state index in [1.165, 1.54) is 6.20 Å². The van der Waals surface area contributed by atoms with Gasteiger partial charge in [0.25, 0.3) is 5.69 Å². The quantitative estimate of drug-likeness (QED) is 0.692. The summed E-state index contributed by atoms with van der Waals surface area (Å²) in [7, 11) is 0. The third-order valence-corrected chi connectivity index (χ3v) is 3.97. The second kappa shape index (κ2) is 5.51. The van der Waals surface area contributed by atoms with E-state index in [0.29, 0.717) is 5.56 Å². The Bertz CT molecular complexity index is 641. The topological polar surface area (TPSA) is 88.0 Å². The number of nitro groups is 1. The summed E-state index contributed by atoms with van der Waals surface area (Å²) in [4.78, 5) is 17.0. The minimum absolute atomic E-state index is 0.0654. The molecule has 1 atom stereocenters. The largest absolute Gasteiger partial charge is 0.349 e. The number of nitrogens with one attached hydrogen (secondary N) is 1. The zero-order valence-electron chi connectivity index (χ0n) is 11.8. The first-order valence-corrected chi connectivity index (χ1v) is 7.03. The Labute approximate surface area is 122 Å². The van der Waals surface area contributed by atoms with Crippen LogP contribution in [-0.2, 0) is 0 Å². The van der Waals surface area contributed by atoms with Crippen molar-refractivity contribution in [3.63, 3.8) is 0 Å². The Morgan fingerprint density at radius 3 is 2.95 bits per heavy atom. The molecular formula is C14H17N5O2. The maximum Gasteiger partial charge on any atom is 0.290 e. The van der Waals surface area contributed by atoms with Crippen LogP contribution in [0.3, 0.4) is 0 Å². The number of aromatic nitrogens is 3. The highest BCUT2D eigenvalue weighted by Gasteiger charge is 2.26. The highest BCUT2D eigenvalue weighted by Crippen LogP contribution is 2.34. The van der Waals surface area contributed by atoms with Gasteiger partial charge in [0.1, 0.15) is 12.0 Å². The summed E-state index contributed by atoms with van der Waals surface area (Å²) in [6.07, 6.45) is 8.40. The molecular weight excluding hydrogens is 270 g/mol. The predicted octanol–water partition coefficient (Wildman–Crippen LogP) is 2.75. The van der Waals surface area contributed by atoms with Crippen LogP contribution in [0.1, 0.15) is 36.4 Å². The van der Waals surface area contributed by atoms with E-state index < -0.39 is 4.92 Å². The summed E-state index contributed by atoms with van der Waals surface area (Å²) in [5, 5.41) is 17.8. The molecule has 0 unspecified atom stereocenters. The first-order chi connectivity index (χ1) is 10.2. The van der Waals surface area contributed by atoms with E-state index >= 15 is 0 Å². The zero-order chi connectivity index (χ0) is 14.8. The monoisotopic (exact) mass is 287 g/mol. The Kier molecular flexibility index (Phi) is 3.55. The molecule has 0 bridgehead atoms. The Morgan fingerprint density at radius 1 is 1.43 bits per heavy atom. The summed E-state index contributed by atoms with van der Waals surface area (Å²) >= 11 is 0. The van der Waals surface area contributed by atoms with Crippen molar-refractivity contribution in [1.29, 1.82) is 0 Å². The average molecular weight is 287 g/mol. The van der Waals surface area contributed by atoms with Gasteiger partial charge in [0.15, 0.2) is 0 Å². The van der Waals surface area contributed by atoms with Crippen molar-refractivity contribution in [2.24, 2.45) is 0 Å². The normalized spacial score (nSPS) is 18.7. The van der Waals surface area contributed by atoms with Crippen molar-refractivity contribution >= 4 is 11.5 Å². The lowest BCUT2D eigenvalue weighted by atomic mass is 9.97. The molecule has 1 aliphatic heterocycles. The van der Waals surface area contributed by atoms with Crippen molar-refractivity contribution in [1.82, 2.24) is 15.2 Å². The number of aromatic amines is 1. The molecule has 1 N–H and O–H groups in total. The number of piperidine rings is 1. The van der Waals surface area contributed by atoms with E-state index in [2.05, 4.69) is 20.1 Å². The fourth-order valence-corrected chi connectivity index (χ4v) is 2.88. The van der Waals surface area contributed by atoms with Crippen LogP contribution in [0.2, 0.25) is 0 Å². The number of anilines is 1. The van der Waals surface area contributed by atoms with Crippen molar-refractivity contribution in [2.75, 3.05) is 11.4 Å². The second-order valence-corrected chi connectivity index (χ2v) is 5.32. The van der Waals surface area contributed by atoms with E-state index in [0.717, 1.165) is 37.2 Å². The molecule has 1 fully saturated rings. The molecule has 110 valence electrons. The number of hydrogen-bond acceptors (Lipinski definition) is 5. The van der Waals surface area contributed by atoms with Crippen LogP contribution < -0.4 is 4.90 Å². The van der Waals surface area contributed by atoms with Crippen LogP contribution >= 0.6 is 0 Å². The summed E-state index contributed by atoms with van der Waals surface area (Å²) in [6, 6.07) is 2.03. The smallest absolute Gasteiger partial charge is 0.290 e. The molecule has 1 aliphatic rings. The van der Waals surface area contributed by atoms with Crippen LogP contribution in [0.15, 0.2) is 24.7 Å². The van der Waals surface area contributed by atoms with Gasteiger partial charge in [0.05, 0.1) is 17.2 Å². The summed E-state index contributed by atoms with van der Waals surface area (Å²) < 4.78 is 0. The molecule has 3 heterocycles. The first-order valence-electron chi connectivity index (χ1n) is 7.03. The molecule has 1 saturated heterocycles. The van der Waals surface area contributed by atoms with Crippen LogP contribution in [0.5, 0.6) is 0 Å².